The first kappa shape index (κ1) is 16.7. The summed E-state index contributed by atoms with van der Waals surface area (Å²) in [6.07, 6.45) is 1.54. The van der Waals surface area contributed by atoms with E-state index >= 15 is 0 Å². The second-order valence-corrected chi connectivity index (χ2v) is 5.81. The number of carbonyl (C=O) groups excluding carboxylic acids is 1. The van der Waals surface area contributed by atoms with Crippen LogP contribution in [0.4, 0.5) is 15.9 Å². The molecule has 0 radical (unpaired) electrons. The Bertz CT molecular complexity index is 1080. The minimum absolute atomic E-state index is 0.0323. The summed E-state index contributed by atoms with van der Waals surface area (Å²) in [6, 6.07) is 16.8. The van der Waals surface area contributed by atoms with Gasteiger partial charge in [-0.1, -0.05) is 12.1 Å². The SMILES string of the molecule is O=C(NCc1ccco1)c1nc(Nc2ccc(F)cc2)c2ccccc2n1. The number of aromatic nitrogens is 2. The first-order valence-electron chi connectivity index (χ1n) is 8.29. The number of nitrogens with zero attached hydrogens (tertiary/aromatic N) is 2. The molecule has 4 aromatic rings. The van der Waals surface area contributed by atoms with E-state index < -0.39 is 5.91 Å². The molecule has 1 amide bonds. The van der Waals surface area contributed by atoms with E-state index in [1.54, 1.807) is 36.6 Å². The van der Waals surface area contributed by atoms with E-state index in [4.69, 9.17) is 4.42 Å². The molecule has 134 valence electrons. The zero-order chi connectivity index (χ0) is 18.6. The van der Waals surface area contributed by atoms with Crippen LogP contribution in [0.5, 0.6) is 0 Å². The zero-order valence-electron chi connectivity index (χ0n) is 14.1. The Morgan fingerprint density at radius 2 is 1.81 bits per heavy atom. The standard InChI is InChI=1S/C20H15FN4O2/c21-13-7-9-14(10-8-13)23-18-16-5-1-2-6-17(16)24-19(25-18)20(26)22-12-15-4-3-11-27-15/h1-11H,12H2,(H,22,26)(H,23,24,25). The van der Waals surface area contributed by atoms with Crippen molar-refractivity contribution in [3.63, 3.8) is 0 Å². The molecular formula is C20H15FN4O2. The highest BCUT2D eigenvalue weighted by Gasteiger charge is 2.14. The predicted molar refractivity (Wildman–Crippen MR) is 99.1 cm³/mol. The third kappa shape index (κ3) is 3.77. The van der Waals surface area contributed by atoms with Crippen molar-refractivity contribution in [2.75, 3.05) is 5.32 Å². The average molecular weight is 362 g/mol. The Labute approximate surface area is 154 Å². The highest BCUT2D eigenvalue weighted by molar-refractivity contribution is 5.97. The Kier molecular flexibility index (Phi) is 4.49. The Balaban J connectivity index is 1.65. The summed E-state index contributed by atoms with van der Waals surface area (Å²) in [5.74, 6) is 0.388. The van der Waals surface area contributed by atoms with Crippen LogP contribution >= 0.6 is 0 Å². The van der Waals surface area contributed by atoms with Crippen molar-refractivity contribution in [3.8, 4) is 0 Å². The molecular weight excluding hydrogens is 347 g/mol. The third-order valence-electron chi connectivity index (χ3n) is 3.92. The second kappa shape index (κ2) is 7.25. The van der Waals surface area contributed by atoms with E-state index in [-0.39, 0.29) is 18.2 Å². The topological polar surface area (TPSA) is 80.0 Å². The van der Waals surface area contributed by atoms with Crippen LogP contribution in [-0.4, -0.2) is 15.9 Å². The molecule has 2 aromatic carbocycles. The van der Waals surface area contributed by atoms with E-state index in [1.165, 1.54) is 12.1 Å². The van der Waals surface area contributed by atoms with Crippen molar-refractivity contribution in [3.05, 3.63) is 84.3 Å². The number of rotatable bonds is 5. The maximum atomic E-state index is 13.1. The molecule has 7 heteroatoms. The van der Waals surface area contributed by atoms with Crippen molar-refractivity contribution in [1.82, 2.24) is 15.3 Å². The third-order valence-corrected chi connectivity index (χ3v) is 3.92. The van der Waals surface area contributed by atoms with E-state index in [9.17, 15) is 9.18 Å². The summed E-state index contributed by atoms with van der Waals surface area (Å²) in [4.78, 5) is 21.2. The van der Waals surface area contributed by atoms with Crippen LogP contribution in [-0.2, 0) is 6.54 Å². The minimum atomic E-state index is -0.417. The van der Waals surface area contributed by atoms with Gasteiger partial charge in [-0.25, -0.2) is 14.4 Å². The molecule has 0 unspecified atom stereocenters. The van der Waals surface area contributed by atoms with Crippen molar-refractivity contribution >= 4 is 28.3 Å². The van der Waals surface area contributed by atoms with Gasteiger partial charge in [-0.3, -0.25) is 4.79 Å². The van der Waals surface area contributed by atoms with Gasteiger partial charge >= 0.3 is 0 Å². The molecule has 2 N–H and O–H groups in total. The van der Waals surface area contributed by atoms with Crippen molar-refractivity contribution in [1.29, 1.82) is 0 Å². The lowest BCUT2D eigenvalue weighted by atomic mass is 10.2. The number of nitrogens with one attached hydrogen (secondary N) is 2. The number of hydrogen-bond acceptors (Lipinski definition) is 5. The van der Waals surface area contributed by atoms with Gasteiger partial charge < -0.3 is 15.1 Å². The monoisotopic (exact) mass is 362 g/mol. The van der Waals surface area contributed by atoms with Crippen molar-refractivity contribution in [2.24, 2.45) is 0 Å². The molecule has 0 atom stereocenters. The summed E-state index contributed by atoms with van der Waals surface area (Å²) in [7, 11) is 0. The number of benzene rings is 2. The summed E-state index contributed by atoms with van der Waals surface area (Å²) in [5.41, 5.74) is 1.28. The number of halogens is 1. The minimum Gasteiger partial charge on any atom is -0.467 e. The van der Waals surface area contributed by atoms with Crippen molar-refractivity contribution < 1.29 is 13.6 Å². The van der Waals surface area contributed by atoms with Gasteiger partial charge in [0, 0.05) is 11.1 Å². The van der Waals surface area contributed by atoms with Gasteiger partial charge in [-0.15, -0.1) is 0 Å². The average Bonchev–Trinajstić information content (AvgIpc) is 3.21. The van der Waals surface area contributed by atoms with E-state index in [1.807, 2.05) is 18.2 Å². The first-order chi connectivity index (χ1) is 13.2. The maximum Gasteiger partial charge on any atom is 0.289 e. The summed E-state index contributed by atoms with van der Waals surface area (Å²) < 4.78 is 18.3. The fourth-order valence-corrected chi connectivity index (χ4v) is 2.60. The molecule has 0 saturated heterocycles. The smallest absolute Gasteiger partial charge is 0.289 e. The molecule has 0 bridgehead atoms. The molecule has 0 aliphatic carbocycles. The van der Waals surface area contributed by atoms with Crippen LogP contribution in [0, 0.1) is 5.82 Å². The number of hydrogen-bond donors (Lipinski definition) is 2. The van der Waals surface area contributed by atoms with E-state index in [0.717, 1.165) is 5.39 Å². The highest BCUT2D eigenvalue weighted by atomic mass is 19.1. The summed E-state index contributed by atoms with van der Waals surface area (Å²) >= 11 is 0. The normalized spacial score (nSPS) is 10.7. The molecule has 0 spiro atoms. The lowest BCUT2D eigenvalue weighted by Gasteiger charge is -2.11. The summed E-state index contributed by atoms with van der Waals surface area (Å²) in [6.45, 7) is 0.239. The Morgan fingerprint density at radius 1 is 1.00 bits per heavy atom. The molecule has 0 saturated carbocycles. The van der Waals surface area contributed by atoms with Crippen LogP contribution in [0.3, 0.4) is 0 Å². The lowest BCUT2D eigenvalue weighted by Crippen LogP contribution is -2.25. The molecule has 0 fully saturated rings. The van der Waals surface area contributed by atoms with Crippen LogP contribution < -0.4 is 10.6 Å². The van der Waals surface area contributed by atoms with Gasteiger partial charge in [0.15, 0.2) is 0 Å². The lowest BCUT2D eigenvalue weighted by molar-refractivity contribution is 0.0938. The number of fused-ring (bicyclic) bond motifs is 1. The predicted octanol–water partition coefficient (Wildman–Crippen LogP) is 4.04. The van der Waals surface area contributed by atoms with E-state index in [0.29, 0.717) is 22.8 Å². The molecule has 4 rings (SSSR count). The van der Waals surface area contributed by atoms with Gasteiger partial charge in [-0.2, -0.15) is 0 Å². The van der Waals surface area contributed by atoms with Gasteiger partial charge in [0.25, 0.3) is 5.91 Å². The van der Waals surface area contributed by atoms with Gasteiger partial charge in [0.1, 0.15) is 17.4 Å². The van der Waals surface area contributed by atoms with Gasteiger partial charge in [0.05, 0.1) is 18.3 Å². The van der Waals surface area contributed by atoms with Gasteiger partial charge in [-0.05, 0) is 48.5 Å². The number of carbonyl (C=O) groups is 1. The van der Waals surface area contributed by atoms with Crippen LogP contribution in [0.25, 0.3) is 10.9 Å². The van der Waals surface area contributed by atoms with Crippen LogP contribution in [0.2, 0.25) is 0 Å². The Hall–Kier alpha value is -3.74. The van der Waals surface area contributed by atoms with Crippen LogP contribution in [0.15, 0.2) is 71.3 Å². The first-order valence-corrected chi connectivity index (χ1v) is 8.29. The Morgan fingerprint density at radius 3 is 2.59 bits per heavy atom. The fourth-order valence-electron chi connectivity index (χ4n) is 2.60. The number of para-hydroxylation sites is 1. The molecule has 2 aromatic heterocycles. The van der Waals surface area contributed by atoms with Crippen LogP contribution in [0.1, 0.15) is 16.4 Å². The summed E-state index contributed by atoms with van der Waals surface area (Å²) in [5, 5.41) is 6.61. The van der Waals surface area contributed by atoms with Gasteiger partial charge in [0.2, 0.25) is 5.82 Å². The molecule has 27 heavy (non-hydrogen) atoms. The number of amides is 1. The molecule has 2 heterocycles. The number of furan rings is 1. The van der Waals surface area contributed by atoms with E-state index in [2.05, 4.69) is 20.6 Å². The second-order valence-electron chi connectivity index (χ2n) is 5.81. The largest absolute Gasteiger partial charge is 0.467 e. The maximum absolute atomic E-state index is 13.1. The number of anilines is 2. The zero-order valence-corrected chi connectivity index (χ0v) is 14.1. The molecule has 0 aliphatic heterocycles. The van der Waals surface area contributed by atoms with Crippen molar-refractivity contribution in [2.45, 2.75) is 6.54 Å². The fraction of sp³-hybridized carbons (Fsp3) is 0.0500. The highest BCUT2D eigenvalue weighted by Crippen LogP contribution is 2.24. The molecule has 0 aliphatic rings. The molecule has 6 nitrogen and oxygen atoms in total. The quantitative estimate of drug-likeness (QED) is 0.560.